The molecule has 0 saturated heterocycles. The Labute approximate surface area is 131 Å². The number of halogens is 1. The molecule has 0 aliphatic carbocycles. The summed E-state index contributed by atoms with van der Waals surface area (Å²) in [7, 11) is -1.87. The van der Waals surface area contributed by atoms with Crippen molar-refractivity contribution in [3.05, 3.63) is 40.0 Å². The summed E-state index contributed by atoms with van der Waals surface area (Å²) in [6.07, 6.45) is 0. The lowest BCUT2D eigenvalue weighted by Crippen LogP contribution is -2.24. The van der Waals surface area contributed by atoms with Crippen LogP contribution in [-0.4, -0.2) is 25.6 Å². The first-order valence-electron chi connectivity index (χ1n) is 6.14. The molecule has 1 aromatic carbocycles. The van der Waals surface area contributed by atoms with Crippen molar-refractivity contribution in [2.75, 3.05) is 7.05 Å². The summed E-state index contributed by atoms with van der Waals surface area (Å²) in [6, 6.07) is 5.17. The Morgan fingerprint density at radius 1 is 1.33 bits per heavy atom. The number of rotatable bonds is 6. The maximum atomic E-state index is 12.3. The molecule has 9 heteroatoms. The van der Waals surface area contributed by atoms with Crippen LogP contribution >= 0.6 is 15.9 Å². The Morgan fingerprint density at radius 2 is 2.10 bits per heavy atom. The lowest BCUT2D eigenvalue weighted by Gasteiger charge is -2.09. The van der Waals surface area contributed by atoms with Gasteiger partial charge in [0.1, 0.15) is 0 Å². The molecule has 21 heavy (non-hydrogen) atoms. The van der Waals surface area contributed by atoms with Crippen molar-refractivity contribution in [2.45, 2.75) is 24.9 Å². The Hall–Kier alpha value is -1.29. The third-order valence-corrected chi connectivity index (χ3v) is 5.05. The predicted molar refractivity (Wildman–Crippen MR) is 80.0 cm³/mol. The van der Waals surface area contributed by atoms with E-state index in [9.17, 15) is 8.42 Å². The predicted octanol–water partition coefficient (Wildman–Crippen LogP) is 1.34. The molecular weight excluding hydrogens is 360 g/mol. The van der Waals surface area contributed by atoms with Crippen molar-refractivity contribution in [1.29, 1.82) is 0 Å². The standard InChI is InChI=1S/C12H15BrN4O3S/c1-8-16-12(17-20-8)7-15-21(18,19)11-5-9(6-14-2)3-4-10(11)13/h3-5,14-15H,6-7H2,1-2H3. The van der Waals surface area contributed by atoms with Gasteiger partial charge in [-0.15, -0.1) is 0 Å². The highest BCUT2D eigenvalue weighted by Gasteiger charge is 2.19. The van der Waals surface area contributed by atoms with Crippen molar-refractivity contribution in [1.82, 2.24) is 20.2 Å². The molecule has 1 aromatic heterocycles. The normalized spacial score (nSPS) is 11.8. The monoisotopic (exact) mass is 374 g/mol. The van der Waals surface area contributed by atoms with Gasteiger partial charge in [-0.05, 0) is 40.7 Å². The van der Waals surface area contributed by atoms with Crippen molar-refractivity contribution in [3.63, 3.8) is 0 Å². The summed E-state index contributed by atoms with van der Waals surface area (Å²) in [6.45, 7) is 2.20. The number of sulfonamides is 1. The van der Waals surface area contributed by atoms with Gasteiger partial charge in [0.25, 0.3) is 0 Å². The number of hydrogen-bond donors (Lipinski definition) is 2. The Balaban J connectivity index is 2.20. The van der Waals surface area contributed by atoms with Gasteiger partial charge in [0.05, 0.1) is 11.4 Å². The van der Waals surface area contributed by atoms with Crippen LogP contribution < -0.4 is 10.0 Å². The SMILES string of the molecule is CNCc1ccc(Br)c(S(=O)(=O)NCc2noc(C)n2)c1. The van der Waals surface area contributed by atoms with E-state index in [4.69, 9.17) is 4.52 Å². The second-order valence-corrected chi connectivity index (χ2v) is 6.94. The van der Waals surface area contributed by atoms with Crippen molar-refractivity contribution < 1.29 is 12.9 Å². The molecule has 0 unspecified atom stereocenters. The molecule has 0 fully saturated rings. The molecule has 2 aromatic rings. The lowest BCUT2D eigenvalue weighted by atomic mass is 10.2. The molecule has 2 N–H and O–H groups in total. The van der Waals surface area contributed by atoms with Gasteiger partial charge in [0, 0.05) is 17.9 Å². The van der Waals surface area contributed by atoms with Gasteiger partial charge in [-0.25, -0.2) is 13.1 Å². The Bertz CT molecular complexity index is 730. The van der Waals surface area contributed by atoms with Crippen LogP contribution in [-0.2, 0) is 23.1 Å². The van der Waals surface area contributed by atoms with Crippen molar-refractivity contribution >= 4 is 26.0 Å². The Morgan fingerprint density at radius 3 is 2.71 bits per heavy atom. The van der Waals surface area contributed by atoms with E-state index in [1.165, 1.54) is 0 Å². The first-order chi connectivity index (χ1) is 9.92. The number of aromatic nitrogens is 2. The fraction of sp³-hybridized carbons (Fsp3) is 0.333. The molecule has 0 aliphatic rings. The summed E-state index contributed by atoms with van der Waals surface area (Å²) in [5.41, 5.74) is 0.872. The van der Waals surface area contributed by atoms with E-state index in [-0.39, 0.29) is 11.4 Å². The summed E-state index contributed by atoms with van der Waals surface area (Å²) in [5.74, 6) is 0.681. The highest BCUT2D eigenvalue weighted by atomic mass is 79.9. The molecule has 0 aliphatic heterocycles. The second kappa shape index (κ2) is 6.65. The van der Waals surface area contributed by atoms with E-state index in [0.29, 0.717) is 22.7 Å². The van der Waals surface area contributed by atoms with E-state index in [2.05, 4.69) is 36.1 Å². The van der Waals surface area contributed by atoms with Crippen LogP contribution in [0, 0.1) is 6.92 Å². The van der Waals surface area contributed by atoms with Crippen LogP contribution in [0.3, 0.4) is 0 Å². The van der Waals surface area contributed by atoms with Crippen LogP contribution in [0.4, 0.5) is 0 Å². The number of nitrogens with one attached hydrogen (secondary N) is 2. The molecule has 0 saturated carbocycles. The largest absolute Gasteiger partial charge is 0.340 e. The molecule has 1 heterocycles. The Kier molecular flexibility index (Phi) is 5.09. The third-order valence-electron chi connectivity index (χ3n) is 2.66. The quantitative estimate of drug-likeness (QED) is 0.791. The van der Waals surface area contributed by atoms with Gasteiger partial charge < -0.3 is 9.84 Å². The smallest absolute Gasteiger partial charge is 0.242 e. The van der Waals surface area contributed by atoms with Crippen molar-refractivity contribution in [3.8, 4) is 0 Å². The molecular formula is C12H15BrN4O3S. The lowest BCUT2D eigenvalue weighted by molar-refractivity contribution is 0.387. The molecule has 0 radical (unpaired) electrons. The number of aryl methyl sites for hydroxylation is 1. The molecule has 2 rings (SSSR count). The first-order valence-corrected chi connectivity index (χ1v) is 8.42. The average Bonchev–Trinajstić information content (AvgIpc) is 2.85. The van der Waals surface area contributed by atoms with Gasteiger partial charge in [0.2, 0.25) is 15.9 Å². The number of benzene rings is 1. The highest BCUT2D eigenvalue weighted by Crippen LogP contribution is 2.23. The summed E-state index contributed by atoms with van der Waals surface area (Å²) in [5, 5.41) is 6.63. The van der Waals surface area contributed by atoms with E-state index < -0.39 is 10.0 Å². The minimum atomic E-state index is -3.67. The van der Waals surface area contributed by atoms with Crippen LogP contribution in [0.1, 0.15) is 17.3 Å². The number of nitrogens with zero attached hydrogens (tertiary/aromatic N) is 2. The third kappa shape index (κ3) is 4.10. The molecule has 7 nitrogen and oxygen atoms in total. The minimum Gasteiger partial charge on any atom is -0.340 e. The molecule has 0 spiro atoms. The van der Waals surface area contributed by atoms with Crippen LogP contribution in [0.5, 0.6) is 0 Å². The van der Waals surface area contributed by atoms with E-state index in [1.807, 2.05) is 6.07 Å². The first kappa shape index (κ1) is 16.1. The van der Waals surface area contributed by atoms with Gasteiger partial charge in [0.15, 0.2) is 5.82 Å². The van der Waals surface area contributed by atoms with Crippen LogP contribution in [0.15, 0.2) is 32.1 Å². The summed E-state index contributed by atoms with van der Waals surface area (Å²) in [4.78, 5) is 4.13. The van der Waals surface area contributed by atoms with E-state index in [1.54, 1.807) is 26.1 Å². The minimum absolute atomic E-state index is 0.0254. The fourth-order valence-corrected chi connectivity index (χ4v) is 3.71. The maximum absolute atomic E-state index is 12.3. The average molecular weight is 375 g/mol. The maximum Gasteiger partial charge on any atom is 0.242 e. The zero-order valence-electron chi connectivity index (χ0n) is 11.6. The van der Waals surface area contributed by atoms with Gasteiger partial charge >= 0.3 is 0 Å². The van der Waals surface area contributed by atoms with Gasteiger partial charge in [-0.1, -0.05) is 11.2 Å². The topological polar surface area (TPSA) is 97.1 Å². The van der Waals surface area contributed by atoms with Crippen molar-refractivity contribution in [2.24, 2.45) is 0 Å². The molecule has 0 atom stereocenters. The van der Waals surface area contributed by atoms with E-state index >= 15 is 0 Å². The highest BCUT2D eigenvalue weighted by molar-refractivity contribution is 9.10. The fourth-order valence-electron chi connectivity index (χ4n) is 1.72. The molecule has 0 amide bonds. The molecule has 0 bridgehead atoms. The zero-order chi connectivity index (χ0) is 15.5. The number of hydrogen-bond acceptors (Lipinski definition) is 6. The van der Waals surface area contributed by atoms with Crippen LogP contribution in [0.25, 0.3) is 0 Å². The van der Waals surface area contributed by atoms with Gasteiger partial charge in [-0.3, -0.25) is 0 Å². The zero-order valence-corrected chi connectivity index (χ0v) is 14.0. The summed E-state index contributed by atoms with van der Waals surface area (Å²) >= 11 is 3.26. The van der Waals surface area contributed by atoms with Gasteiger partial charge in [-0.2, -0.15) is 4.98 Å². The van der Waals surface area contributed by atoms with Crippen LogP contribution in [0.2, 0.25) is 0 Å². The second-order valence-electron chi connectivity index (χ2n) is 4.35. The van der Waals surface area contributed by atoms with E-state index in [0.717, 1.165) is 5.56 Å². The molecule has 114 valence electrons. The summed E-state index contributed by atoms with van der Waals surface area (Å²) < 4.78 is 32.4.